The lowest BCUT2D eigenvalue weighted by atomic mass is 10.0. The minimum absolute atomic E-state index is 0.00655. The van der Waals surface area contributed by atoms with Gasteiger partial charge in [0.15, 0.2) is 0 Å². The van der Waals surface area contributed by atoms with Crippen LogP contribution < -0.4 is 10.6 Å². The number of hydrogen-bond donors (Lipinski definition) is 2. The fourth-order valence-corrected chi connectivity index (χ4v) is 1.70. The Morgan fingerprint density at radius 3 is 2.63 bits per heavy atom. The summed E-state index contributed by atoms with van der Waals surface area (Å²) < 4.78 is 18.9. The van der Waals surface area contributed by atoms with Crippen molar-refractivity contribution in [3.63, 3.8) is 0 Å². The summed E-state index contributed by atoms with van der Waals surface area (Å²) in [7, 11) is 1.61. The average Bonchev–Trinajstić information content (AvgIpc) is 2.31. The van der Waals surface area contributed by atoms with Gasteiger partial charge < -0.3 is 15.4 Å². The molecule has 4 nitrogen and oxygen atoms in total. The Labute approximate surface area is 113 Å². The minimum atomic E-state index is -0.351. The van der Waals surface area contributed by atoms with Gasteiger partial charge in [-0.05, 0) is 24.1 Å². The number of carbonyl (C=O) groups is 1. The third kappa shape index (κ3) is 4.87. The second-order valence-electron chi connectivity index (χ2n) is 4.83. The van der Waals surface area contributed by atoms with E-state index in [0.29, 0.717) is 23.9 Å². The minimum Gasteiger partial charge on any atom is -0.383 e. The first-order valence-electron chi connectivity index (χ1n) is 6.26. The van der Waals surface area contributed by atoms with Gasteiger partial charge in [0.2, 0.25) is 5.91 Å². The van der Waals surface area contributed by atoms with E-state index in [-0.39, 0.29) is 17.8 Å². The topological polar surface area (TPSA) is 50.4 Å². The van der Waals surface area contributed by atoms with Crippen molar-refractivity contribution in [1.82, 2.24) is 0 Å². The predicted molar refractivity (Wildman–Crippen MR) is 74.8 cm³/mol. The maximum Gasteiger partial charge on any atom is 0.221 e. The highest BCUT2D eigenvalue weighted by molar-refractivity contribution is 5.89. The van der Waals surface area contributed by atoms with Crippen LogP contribution in [0.3, 0.4) is 0 Å². The number of hydrogen-bond acceptors (Lipinski definition) is 3. The monoisotopic (exact) mass is 268 g/mol. The van der Waals surface area contributed by atoms with Crippen molar-refractivity contribution in [2.24, 2.45) is 5.92 Å². The van der Waals surface area contributed by atoms with E-state index in [4.69, 9.17) is 4.74 Å². The molecule has 0 aliphatic heterocycles. The molecule has 0 saturated heterocycles. The highest BCUT2D eigenvalue weighted by atomic mass is 19.1. The number of ether oxygens (including phenoxy) is 1. The van der Waals surface area contributed by atoms with E-state index < -0.39 is 0 Å². The van der Waals surface area contributed by atoms with Gasteiger partial charge in [-0.2, -0.15) is 0 Å². The summed E-state index contributed by atoms with van der Waals surface area (Å²) in [6, 6.07) is 4.45. The Bertz CT molecular complexity index is 435. The highest BCUT2D eigenvalue weighted by Crippen LogP contribution is 2.22. The number of rotatable bonds is 6. The zero-order valence-corrected chi connectivity index (χ0v) is 11.8. The van der Waals surface area contributed by atoms with E-state index in [0.717, 1.165) is 0 Å². The number of amides is 1. The number of benzene rings is 1. The number of anilines is 2. The molecule has 1 atom stereocenters. The molecular weight excluding hydrogens is 247 g/mol. The lowest BCUT2D eigenvalue weighted by Crippen LogP contribution is -2.30. The maximum absolute atomic E-state index is 13.8. The van der Waals surface area contributed by atoms with Gasteiger partial charge >= 0.3 is 0 Å². The van der Waals surface area contributed by atoms with Crippen molar-refractivity contribution in [1.29, 1.82) is 0 Å². The second-order valence-corrected chi connectivity index (χ2v) is 4.83. The molecule has 0 fully saturated rings. The molecule has 19 heavy (non-hydrogen) atoms. The molecular formula is C14H21FN2O2. The summed E-state index contributed by atoms with van der Waals surface area (Å²) in [5.41, 5.74) is 0.929. The van der Waals surface area contributed by atoms with Gasteiger partial charge in [-0.25, -0.2) is 4.39 Å². The lowest BCUT2D eigenvalue weighted by Gasteiger charge is -2.23. The van der Waals surface area contributed by atoms with E-state index in [1.54, 1.807) is 13.2 Å². The molecule has 0 spiro atoms. The maximum atomic E-state index is 13.8. The Morgan fingerprint density at radius 2 is 2.11 bits per heavy atom. The first-order valence-corrected chi connectivity index (χ1v) is 6.26. The van der Waals surface area contributed by atoms with Gasteiger partial charge in [0, 0.05) is 19.7 Å². The first kappa shape index (κ1) is 15.4. The number of halogens is 1. The fourth-order valence-electron chi connectivity index (χ4n) is 1.70. The van der Waals surface area contributed by atoms with E-state index in [1.807, 2.05) is 13.8 Å². The van der Waals surface area contributed by atoms with Crippen LogP contribution >= 0.6 is 0 Å². The molecule has 1 amide bonds. The van der Waals surface area contributed by atoms with Crippen LogP contribution in [0.25, 0.3) is 0 Å². The molecule has 0 aliphatic carbocycles. The Kier molecular flexibility index (Phi) is 5.76. The van der Waals surface area contributed by atoms with Gasteiger partial charge in [0.25, 0.3) is 0 Å². The van der Waals surface area contributed by atoms with Crippen LogP contribution in [-0.2, 0) is 9.53 Å². The summed E-state index contributed by atoms with van der Waals surface area (Å²) in [5, 5.41) is 5.74. The summed E-state index contributed by atoms with van der Waals surface area (Å²) in [5.74, 6) is -0.241. The molecule has 1 aromatic rings. The zero-order chi connectivity index (χ0) is 14.4. The normalized spacial score (nSPS) is 12.3. The van der Waals surface area contributed by atoms with Crippen molar-refractivity contribution in [3.8, 4) is 0 Å². The molecule has 0 radical (unpaired) electrons. The summed E-state index contributed by atoms with van der Waals surface area (Å²) in [6.07, 6.45) is 0. The summed E-state index contributed by atoms with van der Waals surface area (Å²) in [4.78, 5) is 11.0. The average molecular weight is 268 g/mol. The molecule has 1 rings (SSSR count). The van der Waals surface area contributed by atoms with Crippen LogP contribution in [0.5, 0.6) is 0 Å². The fraction of sp³-hybridized carbons (Fsp3) is 0.500. The van der Waals surface area contributed by atoms with Crippen LogP contribution in [0.2, 0.25) is 0 Å². The van der Waals surface area contributed by atoms with E-state index in [9.17, 15) is 9.18 Å². The van der Waals surface area contributed by atoms with E-state index in [1.165, 1.54) is 19.1 Å². The van der Waals surface area contributed by atoms with Crippen LogP contribution in [0, 0.1) is 11.7 Å². The molecule has 1 unspecified atom stereocenters. The molecule has 1 aromatic carbocycles. The van der Waals surface area contributed by atoms with Crippen LogP contribution in [-0.4, -0.2) is 25.7 Å². The van der Waals surface area contributed by atoms with Gasteiger partial charge in [-0.3, -0.25) is 4.79 Å². The third-order valence-electron chi connectivity index (χ3n) is 2.78. The van der Waals surface area contributed by atoms with Crippen molar-refractivity contribution >= 4 is 17.3 Å². The molecule has 0 bridgehead atoms. The molecule has 0 aromatic heterocycles. The van der Waals surface area contributed by atoms with Crippen molar-refractivity contribution in [2.45, 2.75) is 26.8 Å². The zero-order valence-electron chi connectivity index (χ0n) is 11.8. The van der Waals surface area contributed by atoms with Crippen molar-refractivity contribution in [3.05, 3.63) is 24.0 Å². The smallest absolute Gasteiger partial charge is 0.221 e. The Hall–Kier alpha value is -1.62. The molecule has 2 N–H and O–H groups in total. The summed E-state index contributed by atoms with van der Waals surface area (Å²) in [6.45, 7) is 5.97. The predicted octanol–water partition coefficient (Wildman–Crippen LogP) is 2.87. The second kappa shape index (κ2) is 7.09. The summed E-state index contributed by atoms with van der Waals surface area (Å²) >= 11 is 0. The van der Waals surface area contributed by atoms with Gasteiger partial charge in [0.05, 0.1) is 18.3 Å². The number of nitrogens with one attached hydrogen (secondary N) is 2. The van der Waals surface area contributed by atoms with Crippen LogP contribution in [0.1, 0.15) is 20.8 Å². The lowest BCUT2D eigenvalue weighted by molar-refractivity contribution is -0.114. The molecule has 0 heterocycles. The molecule has 0 aliphatic rings. The number of methoxy groups -OCH3 is 1. The van der Waals surface area contributed by atoms with Gasteiger partial charge in [-0.1, -0.05) is 13.8 Å². The van der Waals surface area contributed by atoms with Crippen molar-refractivity contribution in [2.75, 3.05) is 24.4 Å². The molecule has 0 saturated carbocycles. The standard InChI is InChI=1S/C14H21FN2O2/c1-9(2)14(8-19-4)17-13-7-11(16-10(3)18)5-6-12(13)15/h5-7,9,14,17H,8H2,1-4H3,(H,16,18). The van der Waals surface area contributed by atoms with E-state index in [2.05, 4.69) is 10.6 Å². The molecule has 5 heteroatoms. The SMILES string of the molecule is COCC(Nc1cc(NC(C)=O)ccc1F)C(C)C. The first-order chi connectivity index (χ1) is 8.93. The largest absolute Gasteiger partial charge is 0.383 e. The quantitative estimate of drug-likeness (QED) is 0.834. The van der Waals surface area contributed by atoms with Gasteiger partial charge in [0.1, 0.15) is 5.82 Å². The molecule has 106 valence electrons. The van der Waals surface area contributed by atoms with E-state index >= 15 is 0 Å². The van der Waals surface area contributed by atoms with Crippen LogP contribution in [0.4, 0.5) is 15.8 Å². The number of carbonyl (C=O) groups excluding carboxylic acids is 1. The van der Waals surface area contributed by atoms with Crippen molar-refractivity contribution < 1.29 is 13.9 Å². The highest BCUT2D eigenvalue weighted by Gasteiger charge is 2.15. The van der Waals surface area contributed by atoms with Gasteiger partial charge in [-0.15, -0.1) is 0 Å². The third-order valence-corrected chi connectivity index (χ3v) is 2.78. The Morgan fingerprint density at radius 1 is 1.42 bits per heavy atom. The Balaban J connectivity index is 2.88. The van der Waals surface area contributed by atoms with Crippen LogP contribution in [0.15, 0.2) is 18.2 Å².